The fourth-order valence-corrected chi connectivity index (χ4v) is 3.29. The fraction of sp³-hybridized carbons (Fsp3) is 0.190. The lowest BCUT2D eigenvalue weighted by Crippen LogP contribution is -2.18. The Balaban J connectivity index is 2.07. The van der Waals surface area contributed by atoms with E-state index in [1.54, 1.807) is 0 Å². The van der Waals surface area contributed by atoms with Crippen molar-refractivity contribution in [2.45, 2.75) is 6.92 Å². The lowest BCUT2D eigenvalue weighted by molar-refractivity contribution is 0.825. The number of nitrogens with zero attached hydrogens (tertiary/aromatic N) is 1. The minimum Gasteiger partial charge on any atom is -0.383 e. The van der Waals surface area contributed by atoms with Crippen LogP contribution in [0.5, 0.6) is 0 Å². The van der Waals surface area contributed by atoms with Crippen molar-refractivity contribution in [2.24, 2.45) is 0 Å². The molecule has 0 saturated heterocycles. The van der Waals surface area contributed by atoms with Crippen LogP contribution in [0.15, 0.2) is 54.6 Å². The molecule has 0 spiro atoms. The van der Waals surface area contributed by atoms with Gasteiger partial charge in [-0.05, 0) is 31.5 Å². The molecule has 4 rings (SSSR count). The van der Waals surface area contributed by atoms with Crippen molar-refractivity contribution in [3.63, 3.8) is 0 Å². The van der Waals surface area contributed by atoms with Crippen LogP contribution in [0.1, 0.15) is 5.56 Å². The summed E-state index contributed by atoms with van der Waals surface area (Å²) in [5, 5.41) is 11.6. The smallest absolute Gasteiger partial charge is 0.0808 e. The van der Waals surface area contributed by atoms with E-state index in [-0.39, 0.29) is 0 Å². The number of nitrogens with one attached hydrogen (secondary N) is 2. The Morgan fingerprint density at radius 1 is 0.875 bits per heavy atom. The van der Waals surface area contributed by atoms with Crippen LogP contribution in [0.3, 0.4) is 0 Å². The van der Waals surface area contributed by atoms with Gasteiger partial charge in [0.25, 0.3) is 0 Å². The van der Waals surface area contributed by atoms with E-state index in [4.69, 9.17) is 4.98 Å². The van der Waals surface area contributed by atoms with Crippen LogP contribution in [-0.4, -0.2) is 25.1 Å². The zero-order valence-corrected chi connectivity index (χ0v) is 14.1. The van der Waals surface area contributed by atoms with Crippen molar-refractivity contribution < 1.29 is 0 Å². The van der Waals surface area contributed by atoms with Gasteiger partial charge in [-0.15, -0.1) is 0 Å². The van der Waals surface area contributed by atoms with Gasteiger partial charge in [0.2, 0.25) is 0 Å². The van der Waals surface area contributed by atoms with Gasteiger partial charge in [-0.25, -0.2) is 4.98 Å². The molecule has 4 aromatic rings. The molecule has 0 atom stereocenters. The Labute approximate surface area is 141 Å². The number of pyridine rings is 1. The SMILES string of the molecule is CNCCNc1c2cc(C)ccc2nc2c1ccc1ccccc12. The first kappa shape index (κ1) is 14.9. The Morgan fingerprint density at radius 3 is 2.62 bits per heavy atom. The van der Waals surface area contributed by atoms with Crippen LogP contribution < -0.4 is 10.6 Å². The molecule has 3 nitrogen and oxygen atoms in total. The third kappa shape index (κ3) is 2.47. The molecule has 0 saturated carbocycles. The fourth-order valence-electron chi connectivity index (χ4n) is 3.29. The number of aromatic nitrogens is 1. The quantitative estimate of drug-likeness (QED) is 0.331. The normalized spacial score (nSPS) is 11.4. The highest BCUT2D eigenvalue weighted by Gasteiger charge is 2.11. The molecule has 1 aromatic heterocycles. The summed E-state index contributed by atoms with van der Waals surface area (Å²) in [6.07, 6.45) is 0. The van der Waals surface area contributed by atoms with E-state index in [2.05, 4.69) is 72.2 Å². The second-order valence-corrected chi connectivity index (χ2v) is 6.22. The molecule has 0 aliphatic heterocycles. The number of fused-ring (bicyclic) bond motifs is 4. The molecule has 0 unspecified atom stereocenters. The zero-order chi connectivity index (χ0) is 16.5. The van der Waals surface area contributed by atoms with Gasteiger partial charge in [0.1, 0.15) is 0 Å². The summed E-state index contributed by atoms with van der Waals surface area (Å²) in [5.74, 6) is 0. The Hall–Kier alpha value is -2.65. The summed E-state index contributed by atoms with van der Waals surface area (Å²) < 4.78 is 0. The molecule has 0 aliphatic rings. The van der Waals surface area contributed by atoms with Crippen LogP contribution in [0, 0.1) is 6.92 Å². The molecule has 120 valence electrons. The van der Waals surface area contributed by atoms with E-state index in [1.165, 1.54) is 32.8 Å². The lowest BCUT2D eigenvalue weighted by atomic mass is 10.0. The number of rotatable bonds is 4. The van der Waals surface area contributed by atoms with Crippen molar-refractivity contribution in [3.8, 4) is 0 Å². The average Bonchev–Trinajstić information content (AvgIpc) is 2.61. The summed E-state index contributed by atoms with van der Waals surface area (Å²) in [5.41, 5.74) is 4.54. The number of anilines is 1. The molecule has 1 heterocycles. The molecule has 3 heteroatoms. The van der Waals surface area contributed by atoms with Crippen LogP contribution in [0.25, 0.3) is 32.6 Å². The van der Waals surface area contributed by atoms with Gasteiger partial charge in [-0.1, -0.05) is 48.0 Å². The third-order valence-corrected chi connectivity index (χ3v) is 4.50. The van der Waals surface area contributed by atoms with Gasteiger partial charge in [0.05, 0.1) is 16.7 Å². The predicted molar refractivity (Wildman–Crippen MR) is 104 cm³/mol. The predicted octanol–water partition coefficient (Wildman–Crippen LogP) is 4.48. The molecule has 0 amide bonds. The maximum atomic E-state index is 4.98. The first-order valence-electron chi connectivity index (χ1n) is 8.38. The van der Waals surface area contributed by atoms with Crippen molar-refractivity contribution >= 4 is 38.3 Å². The first-order valence-corrected chi connectivity index (χ1v) is 8.38. The third-order valence-electron chi connectivity index (χ3n) is 4.50. The van der Waals surface area contributed by atoms with Gasteiger partial charge in [-0.3, -0.25) is 0 Å². The van der Waals surface area contributed by atoms with Gasteiger partial charge in [-0.2, -0.15) is 0 Å². The summed E-state index contributed by atoms with van der Waals surface area (Å²) in [6, 6.07) is 19.3. The topological polar surface area (TPSA) is 37.0 Å². The maximum absolute atomic E-state index is 4.98. The summed E-state index contributed by atoms with van der Waals surface area (Å²) in [7, 11) is 1.97. The Bertz CT molecular complexity index is 1040. The van der Waals surface area contributed by atoms with E-state index in [0.717, 1.165) is 24.1 Å². The highest BCUT2D eigenvalue weighted by Crippen LogP contribution is 2.34. The summed E-state index contributed by atoms with van der Waals surface area (Å²) >= 11 is 0. The lowest BCUT2D eigenvalue weighted by Gasteiger charge is -2.15. The highest BCUT2D eigenvalue weighted by molar-refractivity contribution is 6.15. The molecule has 0 aliphatic carbocycles. The molecule has 3 aromatic carbocycles. The number of aryl methyl sites for hydroxylation is 1. The van der Waals surface area contributed by atoms with Crippen molar-refractivity contribution in [2.75, 3.05) is 25.5 Å². The van der Waals surface area contributed by atoms with E-state index in [1.807, 2.05) is 7.05 Å². The Kier molecular flexibility index (Phi) is 3.79. The summed E-state index contributed by atoms with van der Waals surface area (Å²) in [4.78, 5) is 4.98. The standard InChI is InChI=1S/C21H21N3/c1-14-7-10-19-18(13-14)20(23-12-11-22-2)17-9-8-15-5-3-4-6-16(15)21(17)24-19/h3-10,13,22H,11-12H2,1-2H3,(H,23,24). The van der Waals surface area contributed by atoms with E-state index in [0.29, 0.717) is 0 Å². The number of likely N-dealkylation sites (N-methyl/N-ethyl adjacent to an activating group) is 1. The molecule has 0 bridgehead atoms. The van der Waals surface area contributed by atoms with E-state index >= 15 is 0 Å². The highest BCUT2D eigenvalue weighted by atomic mass is 14.9. The van der Waals surface area contributed by atoms with Crippen LogP contribution in [0.2, 0.25) is 0 Å². The van der Waals surface area contributed by atoms with Gasteiger partial charge in [0, 0.05) is 29.2 Å². The monoisotopic (exact) mass is 315 g/mol. The largest absolute Gasteiger partial charge is 0.383 e. The molecule has 2 N–H and O–H groups in total. The van der Waals surface area contributed by atoms with Gasteiger partial charge >= 0.3 is 0 Å². The molecule has 0 radical (unpaired) electrons. The summed E-state index contributed by atoms with van der Waals surface area (Å²) in [6.45, 7) is 3.93. The van der Waals surface area contributed by atoms with Crippen LogP contribution in [0.4, 0.5) is 5.69 Å². The number of benzene rings is 3. The van der Waals surface area contributed by atoms with Crippen LogP contribution >= 0.6 is 0 Å². The molecule has 0 fully saturated rings. The van der Waals surface area contributed by atoms with Gasteiger partial charge < -0.3 is 10.6 Å². The number of hydrogen-bond acceptors (Lipinski definition) is 3. The van der Waals surface area contributed by atoms with Crippen molar-refractivity contribution in [1.29, 1.82) is 0 Å². The van der Waals surface area contributed by atoms with Crippen LogP contribution in [-0.2, 0) is 0 Å². The molecular formula is C21H21N3. The first-order chi connectivity index (χ1) is 11.8. The van der Waals surface area contributed by atoms with E-state index in [9.17, 15) is 0 Å². The maximum Gasteiger partial charge on any atom is 0.0808 e. The molecular weight excluding hydrogens is 294 g/mol. The second-order valence-electron chi connectivity index (χ2n) is 6.22. The molecule has 24 heavy (non-hydrogen) atoms. The van der Waals surface area contributed by atoms with E-state index < -0.39 is 0 Å². The number of hydrogen-bond donors (Lipinski definition) is 2. The minimum atomic E-state index is 0.880. The second kappa shape index (κ2) is 6.10. The minimum absolute atomic E-state index is 0.880. The Morgan fingerprint density at radius 2 is 1.75 bits per heavy atom. The van der Waals surface area contributed by atoms with Crippen molar-refractivity contribution in [3.05, 3.63) is 60.2 Å². The van der Waals surface area contributed by atoms with Gasteiger partial charge in [0.15, 0.2) is 0 Å². The zero-order valence-electron chi connectivity index (χ0n) is 14.1. The average molecular weight is 315 g/mol. The van der Waals surface area contributed by atoms with Crippen molar-refractivity contribution in [1.82, 2.24) is 10.3 Å².